The van der Waals surface area contributed by atoms with Gasteiger partial charge in [-0.15, -0.1) is 0 Å². The van der Waals surface area contributed by atoms with Crippen LogP contribution in [0.1, 0.15) is 53.0 Å². The number of aromatic amines is 1. The van der Waals surface area contributed by atoms with Crippen LogP contribution in [0.5, 0.6) is 0 Å². The van der Waals surface area contributed by atoms with Crippen molar-refractivity contribution >= 4 is 40.3 Å². The summed E-state index contributed by atoms with van der Waals surface area (Å²) in [7, 11) is 2.36. The van der Waals surface area contributed by atoms with E-state index in [1.165, 1.54) is 38.5 Å². The zero-order valence-corrected chi connectivity index (χ0v) is 23.6. The van der Waals surface area contributed by atoms with E-state index in [1.54, 1.807) is 39.1 Å². The third kappa shape index (κ3) is 5.02. The number of aromatic nitrogens is 1. The van der Waals surface area contributed by atoms with Gasteiger partial charge in [-0.25, -0.2) is 23.2 Å². The zero-order valence-electron chi connectivity index (χ0n) is 23.6. The number of ether oxygens (including phenoxy) is 3. The lowest BCUT2D eigenvalue weighted by molar-refractivity contribution is 0.0558. The van der Waals surface area contributed by atoms with Crippen molar-refractivity contribution in [2.45, 2.75) is 38.3 Å². The highest BCUT2D eigenvalue weighted by Crippen LogP contribution is 2.46. The SMILES string of the molecule is COC(=O)c1cc(NC(=O)O[C@@H]2[C@@H](C)c3c(cc(F)c(-c4cccc5cc[nH]c45)c3F)NC2(C)C)cc(C(=O)OC)c1. The molecule has 5 rings (SSSR count). The number of methoxy groups -OCH3 is 2. The molecule has 2 heterocycles. The number of anilines is 2. The van der Waals surface area contributed by atoms with Gasteiger partial charge >= 0.3 is 18.0 Å². The number of amides is 1. The molecule has 0 bridgehead atoms. The van der Waals surface area contributed by atoms with Crippen LogP contribution in [-0.4, -0.2) is 48.9 Å². The summed E-state index contributed by atoms with van der Waals surface area (Å²) < 4.78 is 47.0. The Morgan fingerprint density at radius 3 is 2.26 bits per heavy atom. The molecule has 0 unspecified atom stereocenters. The fraction of sp³-hybridized carbons (Fsp3) is 0.258. The molecular weight excluding hydrogens is 548 g/mol. The molecule has 1 aliphatic rings. The molecule has 0 saturated heterocycles. The first-order valence-corrected chi connectivity index (χ1v) is 13.1. The maximum absolute atomic E-state index is 16.3. The molecule has 42 heavy (non-hydrogen) atoms. The number of esters is 2. The topological polar surface area (TPSA) is 119 Å². The average molecular weight is 578 g/mol. The smallest absolute Gasteiger partial charge is 0.412 e. The molecular formula is C31H29F2N3O6. The molecule has 0 aliphatic carbocycles. The number of fused-ring (bicyclic) bond motifs is 2. The van der Waals surface area contributed by atoms with Crippen molar-refractivity contribution in [1.29, 1.82) is 0 Å². The number of H-pyrrole nitrogens is 1. The normalized spacial score (nSPS) is 17.1. The van der Waals surface area contributed by atoms with Gasteiger partial charge in [-0.2, -0.15) is 0 Å². The van der Waals surface area contributed by atoms with Gasteiger partial charge in [-0.1, -0.05) is 25.1 Å². The molecule has 0 radical (unpaired) electrons. The van der Waals surface area contributed by atoms with Gasteiger partial charge in [-0.05, 0) is 49.6 Å². The number of benzene rings is 3. The number of para-hydroxylation sites is 1. The van der Waals surface area contributed by atoms with Gasteiger partial charge in [0.2, 0.25) is 0 Å². The molecule has 0 spiro atoms. The highest BCUT2D eigenvalue weighted by Gasteiger charge is 2.45. The maximum atomic E-state index is 16.3. The first kappa shape index (κ1) is 28.6. The molecule has 1 aromatic heterocycles. The molecule has 3 N–H and O–H groups in total. The van der Waals surface area contributed by atoms with Gasteiger partial charge in [0.05, 0.1) is 42.0 Å². The Kier molecular flexibility index (Phi) is 7.36. The monoisotopic (exact) mass is 577 g/mol. The summed E-state index contributed by atoms with van der Waals surface area (Å²) in [5.41, 5.74) is 0.369. The van der Waals surface area contributed by atoms with Gasteiger partial charge < -0.3 is 24.5 Å². The summed E-state index contributed by atoms with van der Waals surface area (Å²) in [6, 6.07) is 12.2. The van der Waals surface area contributed by atoms with Gasteiger partial charge in [0.1, 0.15) is 17.7 Å². The van der Waals surface area contributed by atoms with E-state index >= 15 is 8.78 Å². The maximum Gasteiger partial charge on any atom is 0.412 e. The van der Waals surface area contributed by atoms with Gasteiger partial charge in [0, 0.05) is 34.6 Å². The van der Waals surface area contributed by atoms with Crippen molar-refractivity contribution in [3.63, 3.8) is 0 Å². The van der Waals surface area contributed by atoms with Crippen LogP contribution in [0.25, 0.3) is 22.0 Å². The summed E-state index contributed by atoms with van der Waals surface area (Å²) in [6.45, 7) is 5.20. The lowest BCUT2D eigenvalue weighted by Crippen LogP contribution is -2.52. The molecule has 218 valence electrons. The summed E-state index contributed by atoms with van der Waals surface area (Å²) >= 11 is 0. The van der Waals surface area contributed by atoms with Crippen LogP contribution < -0.4 is 10.6 Å². The first-order chi connectivity index (χ1) is 19.9. The molecule has 2 atom stereocenters. The Bertz CT molecular complexity index is 1700. The Morgan fingerprint density at radius 2 is 1.62 bits per heavy atom. The second-order valence-corrected chi connectivity index (χ2v) is 10.6. The molecule has 4 aromatic rings. The lowest BCUT2D eigenvalue weighted by atomic mass is 9.77. The van der Waals surface area contributed by atoms with Crippen LogP contribution in [0.3, 0.4) is 0 Å². The van der Waals surface area contributed by atoms with Crippen molar-refractivity contribution in [2.75, 3.05) is 24.9 Å². The number of halogens is 2. The molecule has 11 heteroatoms. The van der Waals surface area contributed by atoms with E-state index in [1.807, 2.05) is 12.1 Å². The molecule has 1 aliphatic heterocycles. The minimum atomic E-state index is -0.936. The molecule has 3 aromatic carbocycles. The summed E-state index contributed by atoms with van der Waals surface area (Å²) in [6.07, 6.45) is -0.128. The average Bonchev–Trinajstić information content (AvgIpc) is 3.43. The Morgan fingerprint density at radius 1 is 0.952 bits per heavy atom. The van der Waals surface area contributed by atoms with Gasteiger partial charge in [0.15, 0.2) is 0 Å². The largest absolute Gasteiger partial charge is 0.465 e. The summed E-state index contributed by atoms with van der Waals surface area (Å²) in [4.78, 5) is 40.4. The van der Waals surface area contributed by atoms with Crippen molar-refractivity contribution < 1.29 is 37.4 Å². The van der Waals surface area contributed by atoms with Crippen LogP contribution >= 0.6 is 0 Å². The highest BCUT2D eigenvalue weighted by molar-refractivity contribution is 5.99. The predicted octanol–water partition coefficient (Wildman–Crippen LogP) is 6.61. The van der Waals surface area contributed by atoms with Crippen LogP contribution in [0.15, 0.2) is 54.7 Å². The zero-order chi connectivity index (χ0) is 30.3. The Balaban J connectivity index is 1.48. The third-order valence-corrected chi connectivity index (χ3v) is 7.45. The number of hydrogen-bond donors (Lipinski definition) is 3. The minimum absolute atomic E-state index is 0.00590. The van der Waals surface area contributed by atoms with E-state index in [9.17, 15) is 14.4 Å². The number of carbonyl (C=O) groups is 3. The van der Waals surface area contributed by atoms with Crippen LogP contribution in [0.2, 0.25) is 0 Å². The fourth-order valence-corrected chi connectivity index (χ4v) is 5.60. The summed E-state index contributed by atoms with van der Waals surface area (Å²) in [5, 5.41) is 6.46. The van der Waals surface area contributed by atoms with Gasteiger partial charge in [-0.3, -0.25) is 5.32 Å². The van der Waals surface area contributed by atoms with E-state index in [2.05, 4.69) is 15.6 Å². The minimum Gasteiger partial charge on any atom is -0.465 e. The number of rotatable bonds is 5. The fourth-order valence-electron chi connectivity index (χ4n) is 5.60. The highest BCUT2D eigenvalue weighted by atomic mass is 19.1. The standard InChI is InChI=1S/C31H29F2N3O6/c1-15-23-22(14-21(32)24(25(23)33)20-8-6-7-16-9-10-34-26(16)20)36-31(2,3)27(15)42-30(39)35-19-12-17(28(37)40-4)11-18(13-19)29(38)41-5/h6-15,27,34,36H,1-5H3,(H,35,39)/t15-,27+/m0/s1. The van der Waals surface area contributed by atoms with E-state index < -0.39 is 47.2 Å². The van der Waals surface area contributed by atoms with Crippen LogP contribution in [0.4, 0.5) is 25.0 Å². The van der Waals surface area contributed by atoms with E-state index in [-0.39, 0.29) is 33.6 Å². The molecule has 1 amide bonds. The first-order valence-electron chi connectivity index (χ1n) is 13.1. The van der Waals surface area contributed by atoms with Crippen molar-refractivity contribution in [3.8, 4) is 11.1 Å². The molecule has 9 nitrogen and oxygen atoms in total. The van der Waals surface area contributed by atoms with E-state index in [0.717, 1.165) is 5.39 Å². The molecule has 0 fully saturated rings. The summed E-state index contributed by atoms with van der Waals surface area (Å²) in [5.74, 6) is -3.64. The second-order valence-electron chi connectivity index (χ2n) is 10.6. The van der Waals surface area contributed by atoms with Crippen LogP contribution in [0, 0.1) is 11.6 Å². The lowest BCUT2D eigenvalue weighted by Gasteiger charge is -2.44. The number of nitrogens with one attached hydrogen (secondary N) is 3. The molecule has 0 saturated carbocycles. The van der Waals surface area contributed by atoms with Crippen molar-refractivity contribution in [2.24, 2.45) is 0 Å². The quantitative estimate of drug-likeness (QED) is 0.180. The van der Waals surface area contributed by atoms with Gasteiger partial charge in [0.25, 0.3) is 0 Å². The number of hydrogen-bond acceptors (Lipinski definition) is 7. The number of carbonyl (C=O) groups excluding carboxylic acids is 3. The second kappa shape index (κ2) is 10.8. The van der Waals surface area contributed by atoms with Crippen molar-refractivity contribution in [3.05, 3.63) is 83.1 Å². The Hall–Kier alpha value is -4.93. The Labute approximate surface area is 240 Å². The van der Waals surface area contributed by atoms with E-state index in [4.69, 9.17) is 14.2 Å². The third-order valence-electron chi connectivity index (χ3n) is 7.45. The van der Waals surface area contributed by atoms with Crippen LogP contribution in [-0.2, 0) is 14.2 Å². The predicted molar refractivity (Wildman–Crippen MR) is 153 cm³/mol. The van der Waals surface area contributed by atoms with Crippen molar-refractivity contribution in [1.82, 2.24) is 4.98 Å². The van der Waals surface area contributed by atoms with E-state index in [0.29, 0.717) is 11.1 Å².